The Labute approximate surface area is 291 Å². The van der Waals surface area contributed by atoms with Crippen molar-refractivity contribution in [3.8, 4) is 0 Å². The van der Waals surface area contributed by atoms with Crippen LogP contribution in [0, 0.1) is 6.92 Å². The first-order valence-electron chi connectivity index (χ1n) is 15.4. The van der Waals surface area contributed by atoms with Gasteiger partial charge in [-0.2, -0.15) is 0 Å². The molecular formula is C36H36Cl3N3O4S. The number of hydrogen-bond donors (Lipinski definition) is 1. The number of sulfonamides is 1. The summed E-state index contributed by atoms with van der Waals surface area (Å²) in [5.41, 5.74) is 2.51. The molecule has 1 fully saturated rings. The molecule has 5 rings (SSSR count). The third-order valence-electron chi connectivity index (χ3n) is 8.35. The molecule has 4 aromatic rings. The summed E-state index contributed by atoms with van der Waals surface area (Å²) in [6.07, 6.45) is 3.98. The SMILES string of the molecule is Cc1ccc(S(=O)(=O)N(CC(=O)N(Cc2ccccc2Cl)[C@@H](Cc2ccccc2)C(=O)NC2CCCC2)c2ccc(Cl)c(Cl)c2)cc1. The van der Waals surface area contributed by atoms with Crippen LogP contribution in [0.25, 0.3) is 0 Å². The van der Waals surface area contributed by atoms with E-state index in [0.717, 1.165) is 41.1 Å². The summed E-state index contributed by atoms with van der Waals surface area (Å²) in [4.78, 5) is 30.2. The number of amides is 2. The number of nitrogens with one attached hydrogen (secondary N) is 1. The zero-order chi connectivity index (χ0) is 33.6. The zero-order valence-corrected chi connectivity index (χ0v) is 29.0. The Morgan fingerprint density at radius 3 is 2.15 bits per heavy atom. The first-order chi connectivity index (χ1) is 22.5. The number of anilines is 1. The summed E-state index contributed by atoms with van der Waals surface area (Å²) in [6, 6.07) is 26.3. The van der Waals surface area contributed by atoms with Crippen LogP contribution in [0.1, 0.15) is 42.4 Å². The van der Waals surface area contributed by atoms with Gasteiger partial charge in [0.2, 0.25) is 11.8 Å². The number of hydrogen-bond acceptors (Lipinski definition) is 4. The second-order valence-electron chi connectivity index (χ2n) is 11.7. The maximum absolute atomic E-state index is 14.6. The van der Waals surface area contributed by atoms with Gasteiger partial charge in [-0.25, -0.2) is 8.42 Å². The highest BCUT2D eigenvalue weighted by atomic mass is 35.5. The van der Waals surface area contributed by atoms with E-state index in [4.69, 9.17) is 34.8 Å². The summed E-state index contributed by atoms with van der Waals surface area (Å²) in [5, 5.41) is 3.96. The number of aryl methyl sites for hydroxylation is 1. The van der Waals surface area contributed by atoms with Crippen molar-refractivity contribution in [1.82, 2.24) is 10.2 Å². The summed E-state index contributed by atoms with van der Waals surface area (Å²) in [5.74, 6) is -0.891. The normalized spacial score (nSPS) is 14.0. The van der Waals surface area contributed by atoms with Crippen LogP contribution in [0.3, 0.4) is 0 Å². The van der Waals surface area contributed by atoms with Crippen molar-refractivity contribution in [2.75, 3.05) is 10.8 Å². The van der Waals surface area contributed by atoms with Gasteiger partial charge in [0.15, 0.2) is 0 Å². The summed E-state index contributed by atoms with van der Waals surface area (Å²) in [6.45, 7) is 1.22. The molecule has 1 N–H and O–H groups in total. The van der Waals surface area contributed by atoms with Gasteiger partial charge in [0.25, 0.3) is 10.0 Å². The molecule has 47 heavy (non-hydrogen) atoms. The minimum absolute atomic E-state index is 0.000520. The van der Waals surface area contributed by atoms with Gasteiger partial charge in [-0.1, -0.05) is 114 Å². The van der Waals surface area contributed by atoms with Crippen LogP contribution >= 0.6 is 34.8 Å². The second-order valence-corrected chi connectivity index (χ2v) is 14.8. The Morgan fingerprint density at radius 2 is 1.49 bits per heavy atom. The molecule has 4 aromatic carbocycles. The second kappa shape index (κ2) is 15.6. The van der Waals surface area contributed by atoms with Crippen LogP contribution in [-0.4, -0.2) is 43.8 Å². The van der Waals surface area contributed by atoms with E-state index in [1.807, 2.05) is 37.3 Å². The lowest BCUT2D eigenvalue weighted by molar-refractivity contribution is -0.140. The molecule has 0 saturated heterocycles. The predicted octanol–water partition coefficient (Wildman–Crippen LogP) is 7.85. The number of rotatable bonds is 12. The zero-order valence-electron chi connectivity index (χ0n) is 25.9. The molecule has 1 atom stereocenters. The van der Waals surface area contributed by atoms with Crippen molar-refractivity contribution in [3.05, 3.63) is 129 Å². The van der Waals surface area contributed by atoms with Crippen LogP contribution < -0.4 is 9.62 Å². The van der Waals surface area contributed by atoms with Gasteiger partial charge in [-0.3, -0.25) is 13.9 Å². The largest absolute Gasteiger partial charge is 0.352 e. The van der Waals surface area contributed by atoms with Crippen LogP contribution in [0.15, 0.2) is 102 Å². The molecule has 0 radical (unpaired) electrons. The van der Waals surface area contributed by atoms with Gasteiger partial charge >= 0.3 is 0 Å². The lowest BCUT2D eigenvalue weighted by Gasteiger charge is -2.34. The molecule has 2 amide bonds. The first kappa shape index (κ1) is 34.8. The lowest BCUT2D eigenvalue weighted by atomic mass is 10.0. The fraction of sp³-hybridized carbons (Fsp3) is 0.278. The van der Waals surface area contributed by atoms with E-state index < -0.39 is 28.5 Å². The molecule has 0 spiro atoms. The fourth-order valence-corrected chi connectivity index (χ4v) is 7.63. The average Bonchev–Trinajstić information content (AvgIpc) is 3.57. The molecular weight excluding hydrogens is 677 g/mol. The monoisotopic (exact) mass is 711 g/mol. The van der Waals surface area contributed by atoms with Gasteiger partial charge in [0.1, 0.15) is 12.6 Å². The van der Waals surface area contributed by atoms with Crippen LogP contribution in [-0.2, 0) is 32.6 Å². The molecule has 0 heterocycles. The highest BCUT2D eigenvalue weighted by molar-refractivity contribution is 7.92. The van der Waals surface area contributed by atoms with Crippen molar-refractivity contribution in [2.45, 2.75) is 62.6 Å². The van der Waals surface area contributed by atoms with Gasteiger partial charge in [0.05, 0.1) is 20.6 Å². The fourth-order valence-electron chi connectivity index (χ4n) is 5.74. The van der Waals surface area contributed by atoms with Crippen molar-refractivity contribution in [3.63, 3.8) is 0 Å². The first-order valence-corrected chi connectivity index (χ1v) is 18.0. The Morgan fingerprint density at radius 1 is 0.830 bits per heavy atom. The Kier molecular flexibility index (Phi) is 11.5. The molecule has 11 heteroatoms. The van der Waals surface area contributed by atoms with Gasteiger partial charge in [0, 0.05) is 24.0 Å². The van der Waals surface area contributed by atoms with Crippen LogP contribution in [0.5, 0.6) is 0 Å². The van der Waals surface area contributed by atoms with Crippen molar-refractivity contribution < 1.29 is 18.0 Å². The van der Waals surface area contributed by atoms with Crippen molar-refractivity contribution in [2.24, 2.45) is 0 Å². The van der Waals surface area contributed by atoms with E-state index >= 15 is 0 Å². The number of benzene rings is 4. The van der Waals surface area contributed by atoms with E-state index in [9.17, 15) is 18.0 Å². The van der Waals surface area contributed by atoms with Crippen molar-refractivity contribution >= 4 is 62.3 Å². The number of nitrogens with zero attached hydrogens (tertiary/aromatic N) is 2. The predicted molar refractivity (Wildman–Crippen MR) is 189 cm³/mol. The highest BCUT2D eigenvalue weighted by Crippen LogP contribution is 2.31. The molecule has 1 saturated carbocycles. The Bertz CT molecular complexity index is 1820. The molecule has 7 nitrogen and oxygen atoms in total. The molecule has 246 valence electrons. The van der Waals surface area contributed by atoms with E-state index in [0.29, 0.717) is 10.6 Å². The number of carbonyl (C=O) groups excluding carboxylic acids is 2. The molecule has 1 aliphatic carbocycles. The van der Waals surface area contributed by atoms with Gasteiger partial charge < -0.3 is 10.2 Å². The van der Waals surface area contributed by atoms with Crippen LogP contribution in [0.2, 0.25) is 15.1 Å². The van der Waals surface area contributed by atoms with Gasteiger partial charge in [-0.05, 0) is 67.3 Å². The summed E-state index contributed by atoms with van der Waals surface area (Å²) >= 11 is 19.1. The van der Waals surface area contributed by atoms with Crippen LogP contribution in [0.4, 0.5) is 5.69 Å². The topological polar surface area (TPSA) is 86.8 Å². The average molecular weight is 713 g/mol. The highest BCUT2D eigenvalue weighted by Gasteiger charge is 2.36. The van der Waals surface area contributed by atoms with E-state index in [-0.39, 0.29) is 45.5 Å². The summed E-state index contributed by atoms with van der Waals surface area (Å²) in [7, 11) is -4.28. The van der Waals surface area contributed by atoms with Crippen molar-refractivity contribution in [1.29, 1.82) is 0 Å². The standard InChI is InChI=1S/C36H36Cl3N3O4S/c1-25-15-18-30(19-16-25)47(45,46)42(29-17-20-32(38)33(39)22-29)24-35(43)41(23-27-11-5-8-14-31(27)37)34(21-26-9-3-2-4-10-26)36(44)40-28-12-6-7-13-28/h2-5,8-11,14-20,22,28,34H,6-7,12-13,21,23-24H2,1H3,(H,40,44)/t34-/m0/s1. The number of halogens is 3. The molecule has 0 aliphatic heterocycles. The van der Waals surface area contributed by atoms with E-state index in [1.54, 1.807) is 36.4 Å². The quantitative estimate of drug-likeness (QED) is 0.162. The molecule has 0 unspecified atom stereocenters. The lowest BCUT2D eigenvalue weighted by Crippen LogP contribution is -2.54. The van der Waals surface area contributed by atoms with E-state index in [2.05, 4.69) is 5.32 Å². The smallest absolute Gasteiger partial charge is 0.264 e. The third kappa shape index (κ3) is 8.68. The Balaban J connectivity index is 1.58. The Hall–Kier alpha value is -3.56. The maximum Gasteiger partial charge on any atom is 0.264 e. The van der Waals surface area contributed by atoms with Gasteiger partial charge in [-0.15, -0.1) is 0 Å². The molecule has 0 bridgehead atoms. The van der Waals surface area contributed by atoms with E-state index in [1.165, 1.54) is 35.2 Å². The number of carbonyl (C=O) groups is 2. The minimum Gasteiger partial charge on any atom is -0.352 e. The molecule has 0 aromatic heterocycles. The molecule has 1 aliphatic rings. The summed E-state index contributed by atoms with van der Waals surface area (Å²) < 4.78 is 29.4. The minimum atomic E-state index is -4.28. The third-order valence-corrected chi connectivity index (χ3v) is 11.2. The maximum atomic E-state index is 14.6.